The number of pyridine rings is 1. The summed E-state index contributed by atoms with van der Waals surface area (Å²) in [4.78, 5) is 19.9. The zero-order valence-corrected chi connectivity index (χ0v) is 29.1. The molecule has 0 unspecified atom stereocenters. The van der Waals surface area contributed by atoms with E-state index >= 15 is 0 Å². The second kappa shape index (κ2) is 11.8. The summed E-state index contributed by atoms with van der Waals surface area (Å²) in [5, 5.41) is 2.31. The molecule has 5 heteroatoms. The van der Waals surface area contributed by atoms with Gasteiger partial charge >= 0.3 is 0 Å². The molecule has 3 aromatic heterocycles. The topological polar surface area (TPSA) is 56.5 Å². The number of fused-ring (bicyclic) bond motifs is 5. The van der Waals surface area contributed by atoms with Gasteiger partial charge < -0.3 is 0 Å². The highest BCUT2D eigenvalue weighted by Crippen LogP contribution is 2.51. The number of hydrogen-bond acceptors (Lipinski definition) is 4. The molecule has 0 amide bonds. The molecule has 5 aromatic carbocycles. The van der Waals surface area contributed by atoms with E-state index in [0.29, 0.717) is 17.6 Å². The SMILES string of the molecule is CC1(C)C2=C(C=CCC2)c2ccc(-c3cccc4c5ccccc5n(-c5nc(-c6ccc(-c7ccccc7)cc6)nc(-c6cccnc6)n5)c34)cc21. The molecule has 10 rings (SSSR count). The Labute approximate surface area is 302 Å². The van der Waals surface area contributed by atoms with Gasteiger partial charge in [-0.3, -0.25) is 9.55 Å². The fourth-order valence-corrected chi connectivity index (χ4v) is 8.31. The monoisotopic (exact) mass is 669 g/mol. The Kier molecular flexibility index (Phi) is 6.90. The summed E-state index contributed by atoms with van der Waals surface area (Å²) >= 11 is 0. The summed E-state index contributed by atoms with van der Waals surface area (Å²) in [6.45, 7) is 4.76. The minimum absolute atomic E-state index is 0.0240. The maximum atomic E-state index is 5.25. The van der Waals surface area contributed by atoms with E-state index in [1.165, 1.54) is 27.8 Å². The van der Waals surface area contributed by atoms with Crippen molar-refractivity contribution in [3.8, 4) is 51.0 Å². The van der Waals surface area contributed by atoms with Crippen LogP contribution in [0.3, 0.4) is 0 Å². The predicted molar refractivity (Wildman–Crippen MR) is 212 cm³/mol. The Morgan fingerprint density at radius 2 is 1.31 bits per heavy atom. The number of nitrogens with zero attached hydrogens (tertiary/aromatic N) is 5. The largest absolute Gasteiger partial charge is 0.277 e. The third kappa shape index (κ3) is 4.77. The van der Waals surface area contributed by atoms with E-state index in [9.17, 15) is 0 Å². The van der Waals surface area contributed by atoms with Crippen molar-refractivity contribution in [3.05, 3.63) is 169 Å². The van der Waals surface area contributed by atoms with Gasteiger partial charge in [-0.25, -0.2) is 4.98 Å². The molecule has 0 radical (unpaired) electrons. The first-order chi connectivity index (χ1) is 25.5. The zero-order valence-electron chi connectivity index (χ0n) is 29.1. The molecule has 0 aliphatic heterocycles. The number of hydrogen-bond donors (Lipinski definition) is 0. The highest BCUT2D eigenvalue weighted by Gasteiger charge is 2.37. The van der Waals surface area contributed by atoms with Gasteiger partial charge in [0.05, 0.1) is 11.0 Å². The van der Waals surface area contributed by atoms with Gasteiger partial charge in [0.1, 0.15) is 0 Å². The van der Waals surface area contributed by atoms with Gasteiger partial charge in [-0.05, 0) is 70.5 Å². The van der Waals surface area contributed by atoms with E-state index in [2.05, 4.69) is 145 Å². The average Bonchev–Trinajstić information content (AvgIpc) is 3.67. The maximum Gasteiger partial charge on any atom is 0.238 e. The van der Waals surface area contributed by atoms with Crippen LogP contribution in [0.1, 0.15) is 37.8 Å². The minimum Gasteiger partial charge on any atom is -0.277 e. The summed E-state index contributed by atoms with van der Waals surface area (Å²) in [5.74, 6) is 1.75. The molecule has 248 valence electrons. The van der Waals surface area contributed by atoms with Crippen molar-refractivity contribution in [3.63, 3.8) is 0 Å². The summed E-state index contributed by atoms with van der Waals surface area (Å²) in [7, 11) is 0. The van der Waals surface area contributed by atoms with Crippen LogP contribution in [0.2, 0.25) is 0 Å². The molecule has 0 atom stereocenters. The van der Waals surface area contributed by atoms with Crippen molar-refractivity contribution < 1.29 is 0 Å². The molecular weight excluding hydrogens is 635 g/mol. The Hall–Kier alpha value is -6.46. The van der Waals surface area contributed by atoms with Gasteiger partial charge in [0.15, 0.2) is 11.6 Å². The maximum absolute atomic E-state index is 5.25. The summed E-state index contributed by atoms with van der Waals surface area (Å²) in [5.41, 5.74) is 14.2. The van der Waals surface area contributed by atoms with Crippen LogP contribution < -0.4 is 0 Å². The van der Waals surface area contributed by atoms with E-state index in [4.69, 9.17) is 15.0 Å². The first kappa shape index (κ1) is 30.4. The van der Waals surface area contributed by atoms with Crippen LogP contribution in [0.5, 0.6) is 0 Å². The summed E-state index contributed by atoms with van der Waals surface area (Å²) in [6.07, 6.45) is 10.5. The fraction of sp³-hybridized carbons (Fsp3) is 0.106. The van der Waals surface area contributed by atoms with Crippen LogP contribution in [0.15, 0.2) is 158 Å². The van der Waals surface area contributed by atoms with Crippen LogP contribution in [0, 0.1) is 0 Å². The molecule has 0 fully saturated rings. The second-order valence-electron chi connectivity index (χ2n) is 14.2. The summed E-state index contributed by atoms with van der Waals surface area (Å²) < 4.78 is 2.23. The van der Waals surface area contributed by atoms with Crippen molar-refractivity contribution in [1.82, 2.24) is 24.5 Å². The number of rotatable bonds is 5. The number of benzene rings is 5. The van der Waals surface area contributed by atoms with Crippen LogP contribution >= 0.6 is 0 Å². The molecule has 8 aromatic rings. The van der Waals surface area contributed by atoms with Crippen molar-refractivity contribution in [2.75, 3.05) is 0 Å². The van der Waals surface area contributed by atoms with Gasteiger partial charge in [-0.1, -0.05) is 135 Å². The minimum atomic E-state index is -0.0240. The Morgan fingerprint density at radius 1 is 0.596 bits per heavy atom. The van der Waals surface area contributed by atoms with E-state index in [1.54, 1.807) is 11.8 Å². The van der Waals surface area contributed by atoms with E-state index in [0.717, 1.165) is 56.9 Å². The van der Waals surface area contributed by atoms with Crippen molar-refractivity contribution in [2.45, 2.75) is 32.1 Å². The third-order valence-electron chi connectivity index (χ3n) is 10.9. The molecule has 3 heterocycles. The van der Waals surface area contributed by atoms with Crippen LogP contribution in [0.25, 0.3) is 78.4 Å². The lowest BCUT2D eigenvalue weighted by Crippen LogP contribution is -2.17. The number of para-hydroxylation sites is 2. The normalized spacial score (nSPS) is 14.6. The van der Waals surface area contributed by atoms with E-state index < -0.39 is 0 Å². The first-order valence-corrected chi connectivity index (χ1v) is 17.9. The molecule has 5 nitrogen and oxygen atoms in total. The predicted octanol–water partition coefficient (Wildman–Crippen LogP) is 11.4. The standard InChI is InChI=1S/C47H35N5/c1-47(2)40-19-8-6-15-36(40)37-26-25-33(28-41(37)47)35-17-10-18-39-38-16-7-9-20-42(38)52(43(35)39)46-50-44(49-45(51-46)34-14-11-27-48-29-34)32-23-21-31(22-24-32)30-12-4-3-5-13-30/h3-7,9-18,20-29H,8,19H2,1-2H3. The Morgan fingerprint density at radius 3 is 2.13 bits per heavy atom. The Balaban J connectivity index is 1.20. The highest BCUT2D eigenvalue weighted by molar-refractivity contribution is 6.13. The highest BCUT2D eigenvalue weighted by atomic mass is 15.2. The second-order valence-corrected chi connectivity index (χ2v) is 14.2. The molecule has 2 aliphatic carbocycles. The summed E-state index contributed by atoms with van der Waals surface area (Å²) in [6, 6.07) is 45.0. The van der Waals surface area contributed by atoms with Gasteiger partial charge in [0, 0.05) is 45.3 Å². The van der Waals surface area contributed by atoms with Crippen molar-refractivity contribution >= 4 is 27.4 Å². The van der Waals surface area contributed by atoms with Crippen LogP contribution in [-0.2, 0) is 5.41 Å². The van der Waals surface area contributed by atoms with Crippen LogP contribution in [-0.4, -0.2) is 24.5 Å². The average molecular weight is 670 g/mol. The lowest BCUT2D eigenvalue weighted by atomic mass is 9.78. The van der Waals surface area contributed by atoms with Gasteiger partial charge in [-0.2, -0.15) is 9.97 Å². The fourth-order valence-electron chi connectivity index (χ4n) is 8.31. The molecule has 0 bridgehead atoms. The third-order valence-corrected chi connectivity index (χ3v) is 10.9. The molecule has 0 saturated heterocycles. The van der Waals surface area contributed by atoms with E-state index in [-0.39, 0.29) is 5.41 Å². The first-order valence-electron chi connectivity index (χ1n) is 17.9. The molecule has 0 N–H and O–H groups in total. The van der Waals surface area contributed by atoms with Gasteiger partial charge in [0.2, 0.25) is 5.95 Å². The molecule has 0 saturated carbocycles. The molecular formula is C47H35N5. The number of allylic oxidation sites excluding steroid dienone is 4. The Bertz CT molecular complexity index is 2740. The lowest BCUT2D eigenvalue weighted by Gasteiger charge is -2.26. The van der Waals surface area contributed by atoms with E-state index in [1.807, 2.05) is 24.4 Å². The van der Waals surface area contributed by atoms with Crippen LogP contribution in [0.4, 0.5) is 0 Å². The van der Waals surface area contributed by atoms with Gasteiger partial charge in [-0.15, -0.1) is 0 Å². The number of aromatic nitrogens is 5. The van der Waals surface area contributed by atoms with Crippen molar-refractivity contribution in [1.29, 1.82) is 0 Å². The molecule has 2 aliphatic rings. The lowest BCUT2D eigenvalue weighted by molar-refractivity contribution is 0.607. The van der Waals surface area contributed by atoms with Gasteiger partial charge in [0.25, 0.3) is 0 Å². The molecule has 52 heavy (non-hydrogen) atoms. The quantitative estimate of drug-likeness (QED) is 0.183. The van der Waals surface area contributed by atoms with Crippen molar-refractivity contribution in [2.24, 2.45) is 0 Å². The molecule has 0 spiro atoms. The zero-order chi connectivity index (χ0) is 34.8. The smallest absolute Gasteiger partial charge is 0.238 e.